The Bertz CT molecular complexity index is 623. The molecule has 0 aliphatic carbocycles. The van der Waals surface area contributed by atoms with Crippen LogP contribution in [-0.2, 0) is 10.0 Å². The first kappa shape index (κ1) is 16.0. The number of aryl methyl sites for hydroxylation is 1. The maximum Gasteiger partial charge on any atom is 0.274 e. The molecule has 2 heterocycles. The van der Waals surface area contributed by atoms with Crippen molar-refractivity contribution in [2.45, 2.75) is 26.8 Å². The van der Waals surface area contributed by atoms with Gasteiger partial charge in [-0.3, -0.25) is 9.89 Å². The Kier molecular flexibility index (Phi) is 4.38. The Morgan fingerprint density at radius 1 is 1.48 bits per heavy atom. The predicted molar refractivity (Wildman–Crippen MR) is 79.3 cm³/mol. The Labute approximate surface area is 125 Å². The molecule has 2 rings (SSSR count). The zero-order valence-corrected chi connectivity index (χ0v) is 13.6. The van der Waals surface area contributed by atoms with Gasteiger partial charge in [0, 0.05) is 24.8 Å². The number of hydrogen-bond donors (Lipinski definition) is 2. The van der Waals surface area contributed by atoms with E-state index in [2.05, 4.69) is 14.9 Å². The van der Waals surface area contributed by atoms with E-state index in [1.54, 1.807) is 11.0 Å². The standard InChI is InChI=1S/C13H22N4O3S/c1-8(2)10-6-17(7-12(10)16-21(4,19)20)13(18)11-5-9(3)14-15-11/h5,8,10,12,16H,6-7H2,1-4H3,(H,14,15)/t10-,12+/m0/s1. The highest BCUT2D eigenvalue weighted by Crippen LogP contribution is 2.26. The maximum absolute atomic E-state index is 12.4. The molecule has 7 nitrogen and oxygen atoms in total. The van der Waals surface area contributed by atoms with Crippen LogP contribution in [0.1, 0.15) is 30.0 Å². The van der Waals surface area contributed by atoms with Crippen LogP contribution in [0.2, 0.25) is 0 Å². The predicted octanol–water partition coefficient (Wildman–Crippen LogP) is 0.364. The summed E-state index contributed by atoms with van der Waals surface area (Å²) in [6.45, 7) is 6.82. The molecule has 118 valence electrons. The second kappa shape index (κ2) is 5.76. The van der Waals surface area contributed by atoms with Crippen molar-refractivity contribution in [3.8, 4) is 0 Å². The zero-order valence-electron chi connectivity index (χ0n) is 12.8. The summed E-state index contributed by atoms with van der Waals surface area (Å²) >= 11 is 0. The van der Waals surface area contributed by atoms with E-state index in [-0.39, 0.29) is 23.8 Å². The Morgan fingerprint density at radius 2 is 2.14 bits per heavy atom. The minimum atomic E-state index is -3.29. The average Bonchev–Trinajstić information content (AvgIpc) is 2.93. The van der Waals surface area contributed by atoms with Crippen LogP contribution in [0.5, 0.6) is 0 Å². The van der Waals surface area contributed by atoms with Crippen molar-refractivity contribution in [1.29, 1.82) is 0 Å². The molecular formula is C13H22N4O3S. The summed E-state index contributed by atoms with van der Waals surface area (Å²) in [4.78, 5) is 14.1. The van der Waals surface area contributed by atoms with E-state index in [4.69, 9.17) is 0 Å². The summed E-state index contributed by atoms with van der Waals surface area (Å²) < 4.78 is 25.6. The van der Waals surface area contributed by atoms with Crippen LogP contribution in [0.3, 0.4) is 0 Å². The summed E-state index contributed by atoms with van der Waals surface area (Å²) in [7, 11) is -3.29. The Morgan fingerprint density at radius 3 is 2.62 bits per heavy atom. The number of hydrogen-bond acceptors (Lipinski definition) is 4. The van der Waals surface area contributed by atoms with E-state index >= 15 is 0 Å². The number of H-pyrrole nitrogens is 1. The minimum Gasteiger partial charge on any atom is -0.335 e. The van der Waals surface area contributed by atoms with Crippen LogP contribution in [-0.4, -0.2) is 54.8 Å². The summed E-state index contributed by atoms with van der Waals surface area (Å²) in [6.07, 6.45) is 1.14. The second-order valence-corrected chi connectivity index (χ2v) is 7.83. The third-order valence-corrected chi connectivity index (χ3v) is 4.53. The fourth-order valence-electron chi connectivity index (χ4n) is 2.76. The SMILES string of the molecule is Cc1cc(C(=O)N2C[C@@H](NS(C)(=O)=O)[C@H](C(C)C)C2)n[nH]1. The van der Waals surface area contributed by atoms with E-state index < -0.39 is 10.0 Å². The molecule has 21 heavy (non-hydrogen) atoms. The molecule has 1 fully saturated rings. The van der Waals surface area contributed by atoms with Crippen LogP contribution in [0, 0.1) is 18.8 Å². The number of nitrogens with zero attached hydrogens (tertiary/aromatic N) is 2. The molecule has 0 radical (unpaired) electrons. The van der Waals surface area contributed by atoms with Crippen LogP contribution < -0.4 is 4.72 Å². The van der Waals surface area contributed by atoms with Crippen molar-refractivity contribution in [3.63, 3.8) is 0 Å². The van der Waals surface area contributed by atoms with Gasteiger partial charge < -0.3 is 4.90 Å². The fourth-order valence-corrected chi connectivity index (χ4v) is 3.56. The van der Waals surface area contributed by atoms with Crippen LogP contribution in [0.15, 0.2) is 6.07 Å². The van der Waals surface area contributed by atoms with Crippen molar-refractivity contribution < 1.29 is 13.2 Å². The maximum atomic E-state index is 12.4. The Balaban J connectivity index is 2.15. The molecule has 1 saturated heterocycles. The second-order valence-electron chi connectivity index (χ2n) is 6.05. The minimum absolute atomic E-state index is 0.101. The average molecular weight is 314 g/mol. The van der Waals surface area contributed by atoms with Gasteiger partial charge in [-0.05, 0) is 24.8 Å². The first-order valence-corrected chi connectivity index (χ1v) is 8.85. The molecule has 0 bridgehead atoms. The summed E-state index contributed by atoms with van der Waals surface area (Å²) in [5.74, 6) is 0.217. The molecule has 8 heteroatoms. The van der Waals surface area contributed by atoms with Gasteiger partial charge in [-0.2, -0.15) is 5.10 Å². The molecule has 2 atom stereocenters. The number of aromatic amines is 1. The molecule has 1 aliphatic heterocycles. The van der Waals surface area contributed by atoms with Crippen molar-refractivity contribution in [2.75, 3.05) is 19.3 Å². The van der Waals surface area contributed by atoms with E-state index in [0.29, 0.717) is 18.8 Å². The summed E-state index contributed by atoms with van der Waals surface area (Å²) in [5, 5.41) is 6.72. The molecule has 0 saturated carbocycles. The highest BCUT2D eigenvalue weighted by Gasteiger charge is 2.38. The molecule has 1 aromatic rings. The molecular weight excluding hydrogens is 292 g/mol. The van der Waals surface area contributed by atoms with Gasteiger partial charge in [0.2, 0.25) is 10.0 Å². The van der Waals surface area contributed by atoms with E-state index in [9.17, 15) is 13.2 Å². The van der Waals surface area contributed by atoms with E-state index in [1.165, 1.54) is 0 Å². The molecule has 1 amide bonds. The number of sulfonamides is 1. The summed E-state index contributed by atoms with van der Waals surface area (Å²) in [5.41, 5.74) is 1.19. The van der Waals surface area contributed by atoms with Gasteiger partial charge in [0.05, 0.1) is 6.26 Å². The molecule has 0 unspecified atom stereocenters. The molecule has 1 aliphatic rings. The highest BCUT2D eigenvalue weighted by atomic mass is 32.2. The normalized spacial score (nSPS) is 23.0. The lowest BCUT2D eigenvalue weighted by Gasteiger charge is -2.21. The van der Waals surface area contributed by atoms with E-state index in [1.807, 2.05) is 20.8 Å². The lowest BCUT2D eigenvalue weighted by molar-refractivity contribution is 0.0777. The lowest BCUT2D eigenvalue weighted by atomic mass is 9.92. The van der Waals surface area contributed by atoms with E-state index in [0.717, 1.165) is 11.9 Å². The first-order valence-electron chi connectivity index (χ1n) is 6.96. The van der Waals surface area contributed by atoms with Gasteiger partial charge in [-0.15, -0.1) is 0 Å². The zero-order chi connectivity index (χ0) is 15.8. The molecule has 0 spiro atoms. The van der Waals surface area contributed by atoms with Crippen LogP contribution in [0.25, 0.3) is 0 Å². The van der Waals surface area contributed by atoms with Crippen molar-refractivity contribution in [2.24, 2.45) is 11.8 Å². The smallest absolute Gasteiger partial charge is 0.274 e. The summed E-state index contributed by atoms with van der Waals surface area (Å²) in [6, 6.07) is 1.45. The first-order chi connectivity index (χ1) is 9.67. The number of aromatic nitrogens is 2. The number of nitrogens with one attached hydrogen (secondary N) is 2. The number of amides is 1. The third-order valence-electron chi connectivity index (χ3n) is 3.80. The van der Waals surface area contributed by atoms with Crippen LogP contribution in [0.4, 0.5) is 0 Å². The van der Waals surface area contributed by atoms with Gasteiger partial charge in [-0.1, -0.05) is 13.8 Å². The topological polar surface area (TPSA) is 95.2 Å². The number of rotatable bonds is 4. The molecule has 1 aromatic heterocycles. The van der Waals surface area contributed by atoms with Gasteiger partial charge in [-0.25, -0.2) is 13.1 Å². The third kappa shape index (κ3) is 3.82. The number of carbonyl (C=O) groups excluding carboxylic acids is 1. The van der Waals surface area contributed by atoms with Gasteiger partial charge >= 0.3 is 0 Å². The number of carbonyl (C=O) groups is 1. The van der Waals surface area contributed by atoms with Gasteiger partial charge in [0.25, 0.3) is 5.91 Å². The van der Waals surface area contributed by atoms with Crippen LogP contribution >= 0.6 is 0 Å². The number of likely N-dealkylation sites (tertiary alicyclic amines) is 1. The van der Waals surface area contributed by atoms with Crippen molar-refractivity contribution in [1.82, 2.24) is 19.8 Å². The van der Waals surface area contributed by atoms with Crippen molar-refractivity contribution in [3.05, 3.63) is 17.5 Å². The fraction of sp³-hybridized carbons (Fsp3) is 0.692. The monoisotopic (exact) mass is 314 g/mol. The van der Waals surface area contributed by atoms with Gasteiger partial charge in [0.15, 0.2) is 0 Å². The van der Waals surface area contributed by atoms with Gasteiger partial charge in [0.1, 0.15) is 5.69 Å². The van der Waals surface area contributed by atoms with Crippen molar-refractivity contribution >= 4 is 15.9 Å². The largest absolute Gasteiger partial charge is 0.335 e. The Hall–Kier alpha value is -1.41. The quantitative estimate of drug-likeness (QED) is 0.839. The lowest BCUT2D eigenvalue weighted by Crippen LogP contribution is -2.41. The highest BCUT2D eigenvalue weighted by molar-refractivity contribution is 7.88. The molecule has 0 aromatic carbocycles. The molecule has 2 N–H and O–H groups in total.